The third kappa shape index (κ3) is 4.23. The summed E-state index contributed by atoms with van der Waals surface area (Å²) in [5.41, 5.74) is 0.762. The molecule has 1 aromatic carbocycles. The normalized spacial score (nSPS) is 16.4. The van der Waals surface area contributed by atoms with E-state index in [1.165, 1.54) is 0 Å². The molecule has 0 radical (unpaired) electrons. The molecule has 5 nitrogen and oxygen atoms in total. The lowest BCUT2D eigenvalue weighted by molar-refractivity contribution is -0.136. The lowest BCUT2D eigenvalue weighted by atomic mass is 10.1. The minimum atomic E-state index is -1.50. The first-order chi connectivity index (χ1) is 10.4. The van der Waals surface area contributed by atoms with Gasteiger partial charge in [0, 0.05) is 15.3 Å². The summed E-state index contributed by atoms with van der Waals surface area (Å²) in [4.78, 5) is 11.3. The molecule has 0 amide bonds. The Labute approximate surface area is 140 Å². The average molecular weight is 391 g/mol. The summed E-state index contributed by atoms with van der Waals surface area (Å²) in [7, 11) is -1.50. The molecule has 0 saturated carbocycles. The van der Waals surface area contributed by atoms with E-state index in [-0.39, 0.29) is 11.7 Å². The SMILES string of the molecule is CC(C)CC(C(=O)O)S(=O)Cc1cc2c(cc1Br)OCCO2. The summed E-state index contributed by atoms with van der Waals surface area (Å²) >= 11 is 3.42. The number of rotatable bonds is 6. The highest BCUT2D eigenvalue weighted by Gasteiger charge is 2.27. The molecule has 0 spiro atoms. The van der Waals surface area contributed by atoms with E-state index >= 15 is 0 Å². The van der Waals surface area contributed by atoms with Crippen LogP contribution in [-0.2, 0) is 21.3 Å². The van der Waals surface area contributed by atoms with Crippen LogP contribution in [0.25, 0.3) is 0 Å². The second kappa shape index (κ2) is 7.46. The van der Waals surface area contributed by atoms with E-state index in [1.807, 2.05) is 13.8 Å². The van der Waals surface area contributed by atoms with Gasteiger partial charge in [-0.1, -0.05) is 29.8 Å². The van der Waals surface area contributed by atoms with Gasteiger partial charge in [-0.2, -0.15) is 0 Å². The van der Waals surface area contributed by atoms with E-state index < -0.39 is 22.0 Å². The molecular weight excluding hydrogens is 372 g/mol. The zero-order chi connectivity index (χ0) is 16.3. The topological polar surface area (TPSA) is 72.8 Å². The monoisotopic (exact) mass is 390 g/mol. The van der Waals surface area contributed by atoms with Crippen LogP contribution in [0.5, 0.6) is 11.5 Å². The minimum absolute atomic E-state index is 0.168. The van der Waals surface area contributed by atoms with Gasteiger partial charge in [-0.3, -0.25) is 9.00 Å². The lowest BCUT2D eigenvalue weighted by Gasteiger charge is -2.20. The Balaban J connectivity index is 2.18. The number of aliphatic carboxylic acids is 1. The van der Waals surface area contributed by atoms with Crippen molar-refractivity contribution in [2.75, 3.05) is 13.2 Å². The highest BCUT2D eigenvalue weighted by atomic mass is 79.9. The molecule has 1 aromatic rings. The Hall–Kier alpha value is -1.08. The fourth-order valence-electron chi connectivity index (χ4n) is 2.22. The number of hydrogen-bond donors (Lipinski definition) is 1. The smallest absolute Gasteiger partial charge is 0.319 e. The summed E-state index contributed by atoms with van der Waals surface area (Å²) < 4.78 is 24.2. The first-order valence-corrected chi connectivity index (χ1v) is 9.24. The van der Waals surface area contributed by atoms with Gasteiger partial charge in [0.1, 0.15) is 18.5 Å². The Morgan fingerprint density at radius 1 is 1.32 bits per heavy atom. The van der Waals surface area contributed by atoms with Gasteiger partial charge in [0.15, 0.2) is 11.5 Å². The summed E-state index contributed by atoms with van der Waals surface area (Å²) in [5.74, 6) is 0.581. The summed E-state index contributed by atoms with van der Waals surface area (Å²) in [6.07, 6.45) is 0.393. The van der Waals surface area contributed by atoms with Gasteiger partial charge in [-0.25, -0.2) is 0 Å². The van der Waals surface area contributed by atoms with E-state index in [4.69, 9.17) is 9.47 Å². The van der Waals surface area contributed by atoms with Gasteiger partial charge in [-0.15, -0.1) is 0 Å². The Morgan fingerprint density at radius 2 is 1.91 bits per heavy atom. The Kier molecular flexibility index (Phi) is 5.86. The van der Waals surface area contributed by atoms with Crippen molar-refractivity contribution < 1.29 is 23.6 Å². The third-order valence-electron chi connectivity index (χ3n) is 3.29. The fourth-order valence-corrected chi connectivity index (χ4v) is 4.44. The van der Waals surface area contributed by atoms with Gasteiger partial charge in [0.25, 0.3) is 0 Å². The van der Waals surface area contributed by atoms with Crippen molar-refractivity contribution in [1.82, 2.24) is 0 Å². The Bertz CT molecular complexity index is 588. The van der Waals surface area contributed by atoms with Gasteiger partial charge in [0.2, 0.25) is 0 Å². The molecule has 0 fully saturated rings. The summed E-state index contributed by atoms with van der Waals surface area (Å²) in [6, 6.07) is 3.55. The molecule has 122 valence electrons. The molecule has 1 aliphatic heterocycles. The van der Waals surface area contributed by atoms with Crippen LogP contribution < -0.4 is 9.47 Å². The molecule has 2 unspecified atom stereocenters. The van der Waals surface area contributed by atoms with E-state index in [1.54, 1.807) is 12.1 Å². The van der Waals surface area contributed by atoms with Crippen molar-refractivity contribution >= 4 is 32.7 Å². The zero-order valence-electron chi connectivity index (χ0n) is 12.5. The molecule has 2 rings (SSSR count). The second-order valence-electron chi connectivity index (χ2n) is 5.57. The van der Waals surface area contributed by atoms with Crippen molar-refractivity contribution in [3.8, 4) is 11.5 Å². The van der Waals surface area contributed by atoms with Gasteiger partial charge < -0.3 is 14.6 Å². The first-order valence-electron chi connectivity index (χ1n) is 7.06. The molecule has 0 bridgehead atoms. The fraction of sp³-hybridized carbons (Fsp3) is 0.533. The third-order valence-corrected chi connectivity index (χ3v) is 5.65. The predicted molar refractivity (Wildman–Crippen MR) is 87.9 cm³/mol. The predicted octanol–water partition coefficient (Wildman–Crippen LogP) is 2.97. The largest absolute Gasteiger partial charge is 0.486 e. The molecular formula is C15H19BrO5S. The van der Waals surface area contributed by atoms with Crippen LogP contribution in [0.4, 0.5) is 0 Å². The van der Waals surface area contributed by atoms with Gasteiger partial charge in [-0.05, 0) is 30.0 Å². The number of benzene rings is 1. The molecule has 2 atom stereocenters. The summed E-state index contributed by atoms with van der Waals surface area (Å²) in [5, 5.41) is 8.42. The standard InChI is InChI=1S/C15H19BrO5S/c1-9(2)5-14(15(17)18)22(19)8-10-6-12-13(7-11(10)16)21-4-3-20-12/h6-7,9,14H,3-5,8H2,1-2H3,(H,17,18). The highest BCUT2D eigenvalue weighted by molar-refractivity contribution is 9.10. The molecule has 7 heteroatoms. The molecule has 0 saturated heterocycles. The lowest BCUT2D eigenvalue weighted by Crippen LogP contribution is -2.28. The maximum atomic E-state index is 12.4. The summed E-state index contributed by atoms with van der Waals surface area (Å²) in [6.45, 7) is 4.82. The van der Waals surface area contributed by atoms with Crippen molar-refractivity contribution in [2.24, 2.45) is 5.92 Å². The number of hydrogen-bond acceptors (Lipinski definition) is 4. The second-order valence-corrected chi connectivity index (χ2v) is 8.04. The molecule has 1 heterocycles. The molecule has 1 N–H and O–H groups in total. The van der Waals surface area contributed by atoms with Crippen molar-refractivity contribution in [3.05, 3.63) is 22.2 Å². The van der Waals surface area contributed by atoms with Crippen LogP contribution in [0.1, 0.15) is 25.8 Å². The maximum absolute atomic E-state index is 12.4. The quantitative estimate of drug-likeness (QED) is 0.807. The Morgan fingerprint density at radius 3 is 2.45 bits per heavy atom. The van der Waals surface area contributed by atoms with Crippen LogP contribution >= 0.6 is 15.9 Å². The van der Waals surface area contributed by atoms with E-state index in [2.05, 4.69) is 15.9 Å². The van der Waals surface area contributed by atoms with E-state index in [9.17, 15) is 14.1 Å². The number of ether oxygens (including phenoxy) is 2. The van der Waals surface area contributed by atoms with Crippen LogP contribution in [0.3, 0.4) is 0 Å². The number of fused-ring (bicyclic) bond motifs is 1. The number of halogens is 1. The average Bonchev–Trinajstić information content (AvgIpc) is 2.45. The van der Waals surface area contributed by atoms with E-state index in [0.29, 0.717) is 31.1 Å². The maximum Gasteiger partial charge on any atom is 0.319 e. The van der Waals surface area contributed by atoms with Crippen LogP contribution in [-0.4, -0.2) is 33.7 Å². The first kappa shape index (κ1) is 17.3. The number of carboxylic acids is 1. The van der Waals surface area contributed by atoms with Crippen LogP contribution in [0.15, 0.2) is 16.6 Å². The molecule has 1 aliphatic rings. The number of carbonyl (C=O) groups is 1. The molecule has 0 aromatic heterocycles. The molecule has 22 heavy (non-hydrogen) atoms. The van der Waals surface area contributed by atoms with Crippen LogP contribution in [0.2, 0.25) is 0 Å². The zero-order valence-corrected chi connectivity index (χ0v) is 14.9. The van der Waals surface area contributed by atoms with Crippen molar-refractivity contribution in [2.45, 2.75) is 31.3 Å². The number of carboxylic acid groups (broad SMARTS) is 1. The van der Waals surface area contributed by atoms with Crippen molar-refractivity contribution in [1.29, 1.82) is 0 Å². The minimum Gasteiger partial charge on any atom is -0.486 e. The highest BCUT2D eigenvalue weighted by Crippen LogP contribution is 2.36. The van der Waals surface area contributed by atoms with Crippen LogP contribution in [0, 0.1) is 5.92 Å². The van der Waals surface area contributed by atoms with E-state index in [0.717, 1.165) is 10.0 Å². The van der Waals surface area contributed by atoms with Gasteiger partial charge >= 0.3 is 5.97 Å². The van der Waals surface area contributed by atoms with Crippen molar-refractivity contribution in [3.63, 3.8) is 0 Å². The molecule has 0 aliphatic carbocycles. The van der Waals surface area contributed by atoms with Gasteiger partial charge in [0.05, 0.1) is 5.75 Å².